The van der Waals surface area contributed by atoms with Crippen LogP contribution >= 0.6 is 0 Å². The number of nitrogens with zero attached hydrogens (tertiary/aromatic N) is 1. The zero-order valence-corrected chi connectivity index (χ0v) is 12.6. The van der Waals surface area contributed by atoms with Crippen LogP contribution < -0.4 is 4.31 Å². The molecule has 1 aliphatic carbocycles. The molecule has 0 amide bonds. The summed E-state index contributed by atoms with van der Waals surface area (Å²) in [5, 5.41) is 8.97. The molecular weight excluding hydrogens is 290 g/mol. The summed E-state index contributed by atoms with van der Waals surface area (Å²) in [6.07, 6.45) is 4.37. The van der Waals surface area contributed by atoms with Crippen molar-refractivity contribution in [3.8, 4) is 0 Å². The number of anilines is 1. The van der Waals surface area contributed by atoms with Crippen LogP contribution in [0.5, 0.6) is 0 Å². The van der Waals surface area contributed by atoms with Crippen molar-refractivity contribution in [1.82, 2.24) is 0 Å². The quantitative estimate of drug-likeness (QED) is 0.928. The fraction of sp³-hybridized carbons (Fsp3) is 0.533. The lowest BCUT2D eigenvalue weighted by molar-refractivity contribution is -0.138. The molecule has 6 heteroatoms. The van der Waals surface area contributed by atoms with Crippen LogP contribution in [-0.4, -0.2) is 30.8 Å². The topological polar surface area (TPSA) is 74.7 Å². The Morgan fingerprint density at radius 2 is 1.81 bits per heavy atom. The van der Waals surface area contributed by atoms with E-state index in [9.17, 15) is 18.3 Å². The van der Waals surface area contributed by atoms with E-state index in [4.69, 9.17) is 0 Å². The zero-order valence-electron chi connectivity index (χ0n) is 11.7. The fourth-order valence-electron chi connectivity index (χ4n) is 3.38. The number of fused-ring (bicyclic) bond motifs is 1. The van der Waals surface area contributed by atoms with Gasteiger partial charge in [-0.2, -0.15) is 0 Å². The molecule has 0 aromatic heterocycles. The molecule has 0 spiro atoms. The van der Waals surface area contributed by atoms with Gasteiger partial charge in [0.1, 0.15) is 6.04 Å². The zero-order chi connectivity index (χ0) is 15.0. The number of hydrogen-bond acceptors (Lipinski definition) is 3. The van der Waals surface area contributed by atoms with Crippen molar-refractivity contribution >= 4 is 21.7 Å². The molecule has 1 aliphatic heterocycles. The molecule has 1 atom stereocenters. The molecule has 1 N–H and O–H groups in total. The van der Waals surface area contributed by atoms with Gasteiger partial charge in [-0.3, -0.25) is 4.31 Å². The van der Waals surface area contributed by atoms with Crippen molar-refractivity contribution in [2.75, 3.05) is 4.31 Å². The van der Waals surface area contributed by atoms with E-state index in [1.54, 1.807) is 12.1 Å². The molecule has 0 bridgehead atoms. The number of carboxylic acid groups (broad SMARTS) is 1. The van der Waals surface area contributed by atoms with E-state index in [0.29, 0.717) is 18.5 Å². The molecule has 114 valence electrons. The van der Waals surface area contributed by atoms with Gasteiger partial charge in [0.15, 0.2) is 0 Å². The lowest BCUT2D eigenvalue weighted by Gasteiger charge is -2.31. The number of hydrogen-bond donors (Lipinski definition) is 1. The summed E-state index contributed by atoms with van der Waals surface area (Å²) in [6.45, 7) is 0. The third kappa shape index (κ3) is 2.41. The van der Waals surface area contributed by atoms with Crippen LogP contribution in [0, 0.1) is 0 Å². The van der Waals surface area contributed by atoms with E-state index in [1.165, 1.54) is 4.31 Å². The SMILES string of the molecule is O=C(O)[C@@H]1Cc2ccccc2N1S(=O)(=O)C1CCCCC1. The second-order valence-corrected chi connectivity index (χ2v) is 7.88. The van der Waals surface area contributed by atoms with Gasteiger partial charge in [-0.25, -0.2) is 13.2 Å². The number of aliphatic carboxylic acids is 1. The summed E-state index contributed by atoms with van der Waals surface area (Å²) in [4.78, 5) is 11.5. The predicted octanol–water partition coefficient (Wildman–Crippen LogP) is 2.16. The summed E-state index contributed by atoms with van der Waals surface area (Å²) in [5.74, 6) is -1.08. The van der Waals surface area contributed by atoms with Gasteiger partial charge in [0, 0.05) is 6.42 Å². The Bertz CT molecular complexity index is 649. The highest BCUT2D eigenvalue weighted by molar-refractivity contribution is 7.93. The molecule has 2 aliphatic rings. The third-order valence-electron chi connectivity index (χ3n) is 4.46. The smallest absolute Gasteiger partial charge is 0.327 e. The van der Waals surface area contributed by atoms with Gasteiger partial charge in [0.05, 0.1) is 10.9 Å². The maximum absolute atomic E-state index is 12.9. The number of benzene rings is 1. The second-order valence-electron chi connectivity index (χ2n) is 5.79. The standard InChI is InChI=1S/C15H19NO4S/c17-15(18)14-10-11-6-4-5-9-13(11)16(14)21(19,20)12-7-2-1-3-8-12/h4-6,9,12,14H,1-3,7-8,10H2,(H,17,18)/t14-/m0/s1. The number of sulfonamides is 1. The monoisotopic (exact) mass is 309 g/mol. The molecule has 0 radical (unpaired) electrons. The van der Waals surface area contributed by atoms with Crippen LogP contribution in [0.1, 0.15) is 37.7 Å². The van der Waals surface area contributed by atoms with Crippen molar-refractivity contribution in [2.24, 2.45) is 0 Å². The normalized spacial score (nSPS) is 23.0. The number of rotatable bonds is 3. The Kier molecular flexibility index (Phi) is 3.65. The Hall–Kier alpha value is -1.56. The van der Waals surface area contributed by atoms with Crippen LogP contribution in [0.25, 0.3) is 0 Å². The molecule has 1 saturated carbocycles. The number of carboxylic acids is 1. The Morgan fingerprint density at radius 3 is 2.48 bits per heavy atom. The van der Waals surface area contributed by atoms with E-state index in [2.05, 4.69) is 0 Å². The van der Waals surface area contributed by atoms with Crippen LogP contribution in [0.4, 0.5) is 5.69 Å². The van der Waals surface area contributed by atoms with E-state index >= 15 is 0 Å². The van der Waals surface area contributed by atoms with Gasteiger partial charge in [0.2, 0.25) is 10.0 Å². The molecule has 5 nitrogen and oxygen atoms in total. The summed E-state index contributed by atoms with van der Waals surface area (Å²) >= 11 is 0. The van der Waals surface area contributed by atoms with Crippen molar-refractivity contribution in [2.45, 2.75) is 49.8 Å². The number of carbonyl (C=O) groups is 1. The second kappa shape index (κ2) is 5.33. The predicted molar refractivity (Wildman–Crippen MR) is 79.8 cm³/mol. The summed E-state index contributed by atoms with van der Waals surface area (Å²) in [7, 11) is -3.62. The molecule has 1 fully saturated rings. The van der Waals surface area contributed by atoms with Crippen LogP contribution in [0.2, 0.25) is 0 Å². The highest BCUT2D eigenvalue weighted by atomic mass is 32.2. The minimum Gasteiger partial charge on any atom is -0.480 e. The summed E-state index contributed by atoms with van der Waals surface area (Å²) in [6, 6.07) is 6.08. The van der Waals surface area contributed by atoms with Crippen LogP contribution in [-0.2, 0) is 21.2 Å². The van der Waals surface area contributed by atoms with Crippen molar-refractivity contribution in [3.05, 3.63) is 29.8 Å². The van der Waals surface area contributed by atoms with Crippen LogP contribution in [0.15, 0.2) is 24.3 Å². The third-order valence-corrected chi connectivity index (χ3v) is 6.77. The van der Waals surface area contributed by atoms with Gasteiger partial charge >= 0.3 is 5.97 Å². The van der Waals surface area contributed by atoms with Gasteiger partial charge in [-0.15, -0.1) is 0 Å². The lowest BCUT2D eigenvalue weighted by Crippen LogP contribution is -2.47. The first-order valence-electron chi connectivity index (χ1n) is 7.36. The molecular formula is C15H19NO4S. The summed E-state index contributed by atoms with van der Waals surface area (Å²) < 4.78 is 27.0. The van der Waals surface area contributed by atoms with E-state index < -0.39 is 27.3 Å². The van der Waals surface area contributed by atoms with Gasteiger partial charge in [0.25, 0.3) is 0 Å². The minimum absolute atomic E-state index is 0.247. The molecule has 1 aromatic rings. The van der Waals surface area contributed by atoms with Gasteiger partial charge < -0.3 is 5.11 Å². The number of para-hydroxylation sites is 1. The Morgan fingerprint density at radius 1 is 1.14 bits per heavy atom. The lowest BCUT2D eigenvalue weighted by atomic mass is 10.0. The first kappa shape index (κ1) is 14.4. The van der Waals surface area contributed by atoms with E-state index in [1.807, 2.05) is 12.1 Å². The van der Waals surface area contributed by atoms with Crippen molar-refractivity contribution in [3.63, 3.8) is 0 Å². The fourth-order valence-corrected chi connectivity index (χ4v) is 5.61. The van der Waals surface area contributed by atoms with Gasteiger partial charge in [-0.05, 0) is 24.5 Å². The molecule has 3 rings (SSSR count). The summed E-state index contributed by atoms with van der Waals surface area (Å²) in [5.41, 5.74) is 1.33. The Balaban J connectivity index is 2.02. The van der Waals surface area contributed by atoms with Crippen molar-refractivity contribution < 1.29 is 18.3 Å². The highest BCUT2D eigenvalue weighted by Crippen LogP contribution is 2.38. The van der Waals surface area contributed by atoms with Gasteiger partial charge in [-0.1, -0.05) is 37.5 Å². The average molecular weight is 309 g/mol. The molecule has 21 heavy (non-hydrogen) atoms. The molecule has 0 unspecified atom stereocenters. The maximum Gasteiger partial charge on any atom is 0.327 e. The molecule has 1 aromatic carbocycles. The van der Waals surface area contributed by atoms with E-state index in [-0.39, 0.29) is 6.42 Å². The first-order chi connectivity index (χ1) is 10.0. The van der Waals surface area contributed by atoms with E-state index in [0.717, 1.165) is 24.8 Å². The highest BCUT2D eigenvalue weighted by Gasteiger charge is 2.44. The average Bonchev–Trinajstić information content (AvgIpc) is 2.88. The minimum atomic E-state index is -3.62. The van der Waals surface area contributed by atoms with Crippen molar-refractivity contribution in [1.29, 1.82) is 0 Å². The maximum atomic E-state index is 12.9. The first-order valence-corrected chi connectivity index (χ1v) is 8.86. The van der Waals surface area contributed by atoms with Crippen LogP contribution in [0.3, 0.4) is 0 Å². The largest absolute Gasteiger partial charge is 0.480 e. The molecule has 0 saturated heterocycles. The Labute approximate surface area is 124 Å². The molecule has 1 heterocycles.